The maximum atomic E-state index is 14.6. The molecule has 6 rings (SSSR count). The monoisotopic (exact) mass is 438 g/mol. The van der Waals surface area contributed by atoms with Crippen molar-refractivity contribution in [1.82, 2.24) is 29.8 Å². The van der Waals surface area contributed by atoms with E-state index in [-0.39, 0.29) is 11.2 Å². The highest BCUT2D eigenvalue weighted by atomic mass is 19.1. The fraction of sp³-hybridized carbons (Fsp3) is 0.160. The fourth-order valence-corrected chi connectivity index (χ4v) is 4.28. The topological polar surface area (TPSA) is 78.1 Å². The molecule has 0 spiro atoms. The summed E-state index contributed by atoms with van der Waals surface area (Å²) in [4.78, 5) is 8.83. The average Bonchev–Trinajstić information content (AvgIpc) is 3.55. The van der Waals surface area contributed by atoms with Crippen LogP contribution in [0.15, 0.2) is 67.5 Å². The highest BCUT2D eigenvalue weighted by Crippen LogP contribution is 2.53. The van der Waals surface area contributed by atoms with Gasteiger partial charge in [0.25, 0.3) is 5.78 Å². The van der Waals surface area contributed by atoms with Gasteiger partial charge in [-0.3, -0.25) is 4.98 Å². The van der Waals surface area contributed by atoms with Crippen LogP contribution in [0.2, 0.25) is 0 Å². The molecule has 2 aromatic carbocycles. The first-order valence-electron chi connectivity index (χ1n) is 10.6. The summed E-state index contributed by atoms with van der Waals surface area (Å²) < 4.78 is 21.4. The predicted octanol–water partition coefficient (Wildman–Crippen LogP) is 4.57. The molecule has 1 aliphatic carbocycles. The van der Waals surface area contributed by atoms with Crippen molar-refractivity contribution in [1.29, 1.82) is 0 Å². The Kier molecular flexibility index (Phi) is 4.23. The molecule has 0 N–H and O–H groups in total. The predicted molar refractivity (Wildman–Crippen MR) is 122 cm³/mol. The van der Waals surface area contributed by atoms with Crippen LogP contribution in [-0.4, -0.2) is 36.9 Å². The molecule has 0 aliphatic heterocycles. The van der Waals surface area contributed by atoms with E-state index in [1.54, 1.807) is 29.0 Å². The van der Waals surface area contributed by atoms with Gasteiger partial charge in [0.1, 0.15) is 17.3 Å². The quantitative estimate of drug-likeness (QED) is 0.374. The Hall–Kier alpha value is -4.20. The van der Waals surface area contributed by atoms with Crippen LogP contribution >= 0.6 is 0 Å². The second kappa shape index (κ2) is 7.16. The van der Waals surface area contributed by atoms with Gasteiger partial charge in [0.15, 0.2) is 5.82 Å². The van der Waals surface area contributed by atoms with E-state index in [0.717, 1.165) is 35.1 Å². The van der Waals surface area contributed by atoms with Crippen molar-refractivity contribution >= 4 is 22.4 Å². The first-order valence-corrected chi connectivity index (χ1v) is 10.6. The second-order valence-electron chi connectivity index (χ2n) is 8.19. The number of hydrogen-bond acceptors (Lipinski definition) is 6. The summed E-state index contributed by atoms with van der Waals surface area (Å²) in [6.07, 6.45) is 5.25. The summed E-state index contributed by atoms with van der Waals surface area (Å²) in [5.74, 6) is 0.976. The van der Waals surface area contributed by atoms with Crippen LogP contribution in [0.3, 0.4) is 0 Å². The van der Waals surface area contributed by atoms with Gasteiger partial charge in [0, 0.05) is 17.1 Å². The van der Waals surface area contributed by atoms with Crippen molar-refractivity contribution in [2.24, 2.45) is 0 Å². The first kappa shape index (κ1) is 19.5. The van der Waals surface area contributed by atoms with Crippen molar-refractivity contribution in [3.05, 3.63) is 90.3 Å². The minimum absolute atomic E-state index is 0.267. The van der Waals surface area contributed by atoms with Gasteiger partial charge in [-0.15, -0.1) is 10.2 Å². The SMILES string of the molecule is C=C(OC)c1ccc(-c2cnc3nnc(C4(c5ccc6ncccc6c5)CC4)n3n2)cc1F. The largest absolute Gasteiger partial charge is 0.497 e. The Bertz CT molecular complexity index is 1560. The van der Waals surface area contributed by atoms with E-state index < -0.39 is 5.82 Å². The number of halogens is 1. The molecule has 1 aliphatic rings. The van der Waals surface area contributed by atoms with Crippen LogP contribution in [0.1, 0.15) is 29.8 Å². The second-order valence-corrected chi connectivity index (χ2v) is 8.19. The summed E-state index contributed by atoms with van der Waals surface area (Å²) in [6.45, 7) is 3.72. The van der Waals surface area contributed by atoms with Gasteiger partial charge in [-0.1, -0.05) is 24.8 Å². The molecule has 33 heavy (non-hydrogen) atoms. The third kappa shape index (κ3) is 3.06. The van der Waals surface area contributed by atoms with E-state index in [1.165, 1.54) is 13.2 Å². The van der Waals surface area contributed by atoms with Crippen molar-refractivity contribution in [2.75, 3.05) is 7.11 Å². The molecule has 3 aromatic heterocycles. The highest BCUT2D eigenvalue weighted by Gasteiger charge is 2.50. The molecule has 0 radical (unpaired) electrons. The molecule has 0 amide bonds. The minimum Gasteiger partial charge on any atom is -0.497 e. The maximum absolute atomic E-state index is 14.6. The molecule has 8 heteroatoms. The molecular weight excluding hydrogens is 419 g/mol. The summed E-state index contributed by atoms with van der Waals surface area (Å²) in [5.41, 5.74) is 3.25. The number of fused-ring (bicyclic) bond motifs is 2. The van der Waals surface area contributed by atoms with E-state index in [4.69, 9.17) is 9.84 Å². The molecule has 0 bridgehead atoms. The molecule has 0 saturated heterocycles. The van der Waals surface area contributed by atoms with Crippen molar-refractivity contribution in [3.63, 3.8) is 0 Å². The third-order valence-electron chi connectivity index (χ3n) is 6.28. The molecule has 0 unspecified atom stereocenters. The number of nitrogens with zero attached hydrogens (tertiary/aromatic N) is 6. The Morgan fingerprint density at radius 2 is 1.97 bits per heavy atom. The average molecular weight is 438 g/mol. The molecule has 0 atom stereocenters. The number of aromatic nitrogens is 6. The van der Waals surface area contributed by atoms with Crippen LogP contribution in [0.4, 0.5) is 4.39 Å². The molecule has 1 fully saturated rings. The summed E-state index contributed by atoms with van der Waals surface area (Å²) >= 11 is 0. The summed E-state index contributed by atoms with van der Waals surface area (Å²) in [7, 11) is 1.46. The molecule has 162 valence electrons. The zero-order chi connectivity index (χ0) is 22.6. The maximum Gasteiger partial charge on any atom is 0.271 e. The van der Waals surface area contributed by atoms with Gasteiger partial charge in [0.2, 0.25) is 0 Å². The number of benzene rings is 2. The van der Waals surface area contributed by atoms with E-state index in [2.05, 4.69) is 44.9 Å². The standard InChI is InChI=1S/C25H19FN6O/c1-15(33-2)19-7-5-17(13-20(19)26)22-14-28-24-30-29-23(32(24)31-22)25(9-10-25)18-6-8-21-16(12-18)4-3-11-27-21/h3-8,11-14H,1,9-10H2,2H3. The lowest BCUT2D eigenvalue weighted by Crippen LogP contribution is -2.15. The van der Waals surface area contributed by atoms with Gasteiger partial charge in [0.05, 0.1) is 29.8 Å². The van der Waals surface area contributed by atoms with E-state index in [9.17, 15) is 4.39 Å². The number of methoxy groups -OCH3 is 1. The molecule has 1 saturated carbocycles. The van der Waals surface area contributed by atoms with E-state index in [0.29, 0.717) is 22.6 Å². The van der Waals surface area contributed by atoms with Crippen LogP contribution in [-0.2, 0) is 10.2 Å². The lowest BCUT2D eigenvalue weighted by atomic mass is 9.94. The minimum atomic E-state index is -0.436. The Morgan fingerprint density at radius 1 is 1.09 bits per heavy atom. The molecule has 5 aromatic rings. The zero-order valence-corrected chi connectivity index (χ0v) is 17.9. The molecular formula is C25H19FN6O. The Morgan fingerprint density at radius 3 is 2.76 bits per heavy atom. The lowest BCUT2D eigenvalue weighted by Gasteiger charge is -2.14. The Labute approximate surface area is 188 Å². The van der Waals surface area contributed by atoms with Crippen LogP contribution in [0.5, 0.6) is 0 Å². The third-order valence-corrected chi connectivity index (χ3v) is 6.28. The van der Waals surface area contributed by atoms with Crippen molar-refractivity contribution in [2.45, 2.75) is 18.3 Å². The number of rotatable bonds is 5. The van der Waals surface area contributed by atoms with Crippen molar-refractivity contribution in [3.8, 4) is 11.3 Å². The van der Waals surface area contributed by atoms with Gasteiger partial charge in [-0.2, -0.15) is 9.61 Å². The van der Waals surface area contributed by atoms with Crippen molar-refractivity contribution < 1.29 is 9.13 Å². The van der Waals surface area contributed by atoms with Gasteiger partial charge >= 0.3 is 0 Å². The van der Waals surface area contributed by atoms with Crippen LogP contribution in [0.25, 0.3) is 33.7 Å². The Balaban J connectivity index is 1.44. The molecule has 3 heterocycles. The van der Waals surface area contributed by atoms with Gasteiger partial charge in [-0.05, 0) is 48.7 Å². The highest BCUT2D eigenvalue weighted by molar-refractivity contribution is 5.79. The summed E-state index contributed by atoms with van der Waals surface area (Å²) in [5, 5.41) is 14.5. The zero-order valence-electron chi connectivity index (χ0n) is 17.9. The summed E-state index contributed by atoms with van der Waals surface area (Å²) in [6, 6.07) is 15.1. The van der Waals surface area contributed by atoms with Gasteiger partial charge in [-0.25, -0.2) is 9.37 Å². The number of ether oxygens (including phenoxy) is 1. The smallest absolute Gasteiger partial charge is 0.271 e. The molecule has 7 nitrogen and oxygen atoms in total. The first-order chi connectivity index (χ1) is 16.1. The lowest BCUT2D eigenvalue weighted by molar-refractivity contribution is 0.368. The number of hydrogen-bond donors (Lipinski definition) is 0. The van der Waals surface area contributed by atoms with Crippen LogP contribution < -0.4 is 0 Å². The van der Waals surface area contributed by atoms with Crippen LogP contribution in [0, 0.1) is 5.82 Å². The normalized spacial score (nSPS) is 14.5. The van der Waals surface area contributed by atoms with E-state index in [1.807, 2.05) is 12.1 Å². The fourth-order valence-electron chi connectivity index (χ4n) is 4.28. The van der Waals surface area contributed by atoms with Gasteiger partial charge < -0.3 is 4.74 Å². The van der Waals surface area contributed by atoms with E-state index >= 15 is 0 Å². The number of pyridine rings is 1.